The minimum atomic E-state index is -1.48. The summed E-state index contributed by atoms with van der Waals surface area (Å²) in [5.74, 6) is -9.92. The summed E-state index contributed by atoms with van der Waals surface area (Å²) in [7, 11) is 0. The molecule has 0 radical (unpaired) electrons. The summed E-state index contributed by atoms with van der Waals surface area (Å²) in [5, 5.41) is 32.8. The first kappa shape index (κ1) is 76.3. The number of hydrogen-bond donors (Lipinski definition) is 21. The maximum absolute atomic E-state index is 14.1. The van der Waals surface area contributed by atoms with Gasteiger partial charge in [-0.3, -0.25) is 63.1 Å². The number of carboxylic acids is 1. The molecular weight excluding hydrogens is 1150 g/mol. The molecule has 0 aliphatic heterocycles. The number of benzene rings is 1. The van der Waals surface area contributed by atoms with Crippen molar-refractivity contribution in [2.24, 2.45) is 83.2 Å². The van der Waals surface area contributed by atoms with Crippen LogP contribution in [0.4, 0.5) is 0 Å². The number of aliphatic imine (C=N–C) groups is 4. The zero-order valence-electron chi connectivity index (χ0n) is 49.5. The van der Waals surface area contributed by atoms with E-state index in [-0.39, 0.29) is 132 Å². The lowest BCUT2D eigenvalue weighted by molar-refractivity contribution is -0.142. The number of carboxylic acid groups (broad SMARTS) is 1. The van der Waals surface area contributed by atoms with Gasteiger partial charge in [0, 0.05) is 38.4 Å². The molecule has 0 fully saturated rings. The van der Waals surface area contributed by atoms with Gasteiger partial charge in [0.1, 0.15) is 42.3 Å². The Hall–Kier alpha value is -8.73. The summed E-state index contributed by atoms with van der Waals surface area (Å²) >= 11 is 4.28. The summed E-state index contributed by atoms with van der Waals surface area (Å²) < 4.78 is 0. The number of aliphatic carboxylic acids is 1. The van der Waals surface area contributed by atoms with Crippen LogP contribution in [0.5, 0.6) is 0 Å². The van der Waals surface area contributed by atoms with E-state index in [2.05, 4.69) is 80.4 Å². The molecule has 0 saturated heterocycles. The lowest BCUT2D eigenvalue weighted by Gasteiger charge is -2.26. The Labute approximate surface area is 511 Å². The van der Waals surface area contributed by atoms with E-state index in [1.165, 1.54) is 0 Å². The molecule has 0 aliphatic carbocycles. The number of nitrogens with two attached hydrogens (primary N) is 10. The van der Waals surface area contributed by atoms with E-state index in [0.29, 0.717) is 24.8 Å². The molecule has 30 N–H and O–H groups in total. The number of nitrogens with one attached hydrogen (secondary N) is 9. The summed E-state index contributed by atoms with van der Waals surface area (Å²) in [6.07, 6.45) is 1.51. The highest BCUT2D eigenvalue weighted by atomic mass is 32.1. The Morgan fingerprint density at radius 1 is 0.460 bits per heavy atom. The summed E-state index contributed by atoms with van der Waals surface area (Å²) in [6.45, 7) is 2.87. The Kier molecular flexibility index (Phi) is 37.7. The van der Waals surface area contributed by atoms with E-state index in [4.69, 9.17) is 57.3 Å². The number of carbonyl (C=O) groups excluding carboxylic acids is 9. The lowest BCUT2D eigenvalue weighted by Crippen LogP contribution is -2.59. The first-order valence-corrected chi connectivity index (χ1v) is 29.0. The van der Waals surface area contributed by atoms with Crippen LogP contribution in [0.15, 0.2) is 50.3 Å². The molecule has 1 rings (SSSR count). The second kappa shape index (κ2) is 43.0. The molecule has 87 heavy (non-hydrogen) atoms. The van der Waals surface area contributed by atoms with Crippen LogP contribution in [-0.2, 0) is 54.4 Å². The van der Waals surface area contributed by atoms with E-state index in [1.807, 2.05) is 13.8 Å². The average molecular weight is 1250 g/mol. The van der Waals surface area contributed by atoms with Crippen LogP contribution in [0.1, 0.15) is 96.5 Å². The molecule has 0 unspecified atom stereocenters. The molecule has 0 heterocycles. The highest BCUT2D eigenvalue weighted by Gasteiger charge is 2.33. The Morgan fingerprint density at radius 3 is 1.16 bits per heavy atom. The first-order chi connectivity index (χ1) is 41.2. The molecule has 0 saturated carbocycles. The zero-order valence-corrected chi connectivity index (χ0v) is 50.4. The van der Waals surface area contributed by atoms with E-state index in [0.717, 1.165) is 0 Å². The number of rotatable bonds is 44. The van der Waals surface area contributed by atoms with Crippen molar-refractivity contribution in [3.05, 3.63) is 35.9 Å². The van der Waals surface area contributed by atoms with Crippen LogP contribution in [-0.4, -0.2) is 188 Å². The Balaban J connectivity index is 3.35. The van der Waals surface area contributed by atoms with Gasteiger partial charge >= 0.3 is 5.97 Å². The summed E-state index contributed by atoms with van der Waals surface area (Å²) in [4.78, 5) is 151. The number of amides is 9. The smallest absolute Gasteiger partial charge is 0.326 e. The number of thiol groups is 1. The van der Waals surface area contributed by atoms with Gasteiger partial charge in [0.25, 0.3) is 0 Å². The number of hydrogen-bond acceptors (Lipinski definition) is 17. The molecule has 8 atom stereocenters. The van der Waals surface area contributed by atoms with Gasteiger partial charge in [-0.2, -0.15) is 12.6 Å². The van der Waals surface area contributed by atoms with Crippen LogP contribution in [0.3, 0.4) is 0 Å². The SMILES string of the molecule is CC(C)C[C@H](N)C(=O)N[C@@H](CCCN=C(N)N)C(=O)NCC(=O)N[C@@H](CCCCN)C(=O)NCC(=O)N[C@@H](CCCN=C(N)N)C(=O)N[C@@H](CS)C(=O)N[C@@H](CCCN=C(N)N)C(=O)N[C@@H](CCCN=C(N)N)C(=O)N[C@@H](Cc1ccccc1)C(=O)O. The van der Waals surface area contributed by atoms with Crippen molar-refractivity contribution in [1.29, 1.82) is 0 Å². The van der Waals surface area contributed by atoms with Crippen LogP contribution < -0.4 is 105 Å². The standard InChI is InChI=1S/C52H93N23O11S/c1-29(2)24-31(54)41(78)71-33(15-8-20-63-49(55)56)43(80)68-26-39(76)69-32(14-6-7-19-53)42(79)67-27-40(77)70-34(16-9-21-64-50(57)58)44(81)75-38(28-87)47(84)73-35(17-10-22-65-51(59)60)45(82)72-36(18-11-23-66-52(61)62)46(83)74-37(48(85)86)25-30-12-4-3-5-13-30/h3-5,12-13,29,31-38,87H,6-11,14-28,53-54H2,1-2H3,(H,67,79)(H,68,80)(H,69,76)(H,70,77)(H,71,78)(H,72,82)(H,73,84)(H,74,83)(H,75,81)(H,85,86)(H4,55,56,63)(H4,57,58,64)(H4,59,60,65)(H4,61,62,66)/t31-,32-,33-,34-,35-,36-,37-,38-/m0/s1. The quantitative estimate of drug-likeness (QED) is 0.0125. The maximum atomic E-state index is 14.1. The topological polar surface area (TPSA) is 609 Å². The van der Waals surface area contributed by atoms with Crippen LogP contribution in [0.2, 0.25) is 0 Å². The highest BCUT2D eigenvalue weighted by Crippen LogP contribution is 2.10. The average Bonchev–Trinajstić information content (AvgIpc) is 3.44. The molecule has 0 aliphatic rings. The molecule has 1 aromatic carbocycles. The van der Waals surface area contributed by atoms with E-state index >= 15 is 0 Å². The predicted octanol–water partition coefficient (Wildman–Crippen LogP) is -7.41. The van der Waals surface area contributed by atoms with Gasteiger partial charge in [0.15, 0.2) is 23.8 Å². The number of guanidine groups is 4. The van der Waals surface area contributed by atoms with Gasteiger partial charge in [-0.05, 0) is 95.1 Å². The van der Waals surface area contributed by atoms with Gasteiger partial charge < -0.3 is 110 Å². The van der Waals surface area contributed by atoms with Gasteiger partial charge in [-0.25, -0.2) is 4.79 Å². The Morgan fingerprint density at radius 2 is 0.793 bits per heavy atom. The van der Waals surface area contributed by atoms with Crippen molar-refractivity contribution in [3.63, 3.8) is 0 Å². The Bertz CT molecular complexity index is 2490. The third kappa shape index (κ3) is 34.7. The normalized spacial score (nSPS) is 13.5. The van der Waals surface area contributed by atoms with Gasteiger partial charge in [-0.1, -0.05) is 44.2 Å². The fraction of sp³-hybridized carbons (Fsp3) is 0.615. The molecule has 0 aromatic heterocycles. The fourth-order valence-electron chi connectivity index (χ4n) is 8.15. The molecule has 35 heteroatoms. The van der Waals surface area contributed by atoms with Crippen molar-refractivity contribution in [3.8, 4) is 0 Å². The van der Waals surface area contributed by atoms with Crippen molar-refractivity contribution < 1.29 is 53.1 Å². The maximum Gasteiger partial charge on any atom is 0.326 e. The van der Waals surface area contributed by atoms with Crippen LogP contribution in [0, 0.1) is 5.92 Å². The monoisotopic (exact) mass is 1250 g/mol. The highest BCUT2D eigenvalue weighted by molar-refractivity contribution is 7.80. The summed E-state index contributed by atoms with van der Waals surface area (Å²) in [6, 6.07) is -1.86. The number of carbonyl (C=O) groups is 10. The van der Waals surface area contributed by atoms with Crippen molar-refractivity contribution >= 4 is 95.6 Å². The number of nitrogens with zero attached hydrogens (tertiary/aromatic N) is 4. The first-order valence-electron chi connectivity index (χ1n) is 28.4. The minimum Gasteiger partial charge on any atom is -0.480 e. The second-order valence-corrected chi connectivity index (χ2v) is 20.9. The molecule has 0 spiro atoms. The second-order valence-electron chi connectivity index (χ2n) is 20.5. The fourth-order valence-corrected chi connectivity index (χ4v) is 8.41. The van der Waals surface area contributed by atoms with Gasteiger partial charge in [0.05, 0.1) is 19.1 Å². The van der Waals surface area contributed by atoms with Crippen molar-refractivity contribution in [2.75, 3.05) is 51.6 Å². The zero-order chi connectivity index (χ0) is 65.4. The summed E-state index contributed by atoms with van der Waals surface area (Å²) in [5.41, 5.74) is 56.1. The van der Waals surface area contributed by atoms with Crippen LogP contribution >= 0.6 is 12.6 Å². The lowest BCUT2D eigenvalue weighted by atomic mass is 10.0. The number of unbranched alkanes of at least 4 members (excludes halogenated alkanes) is 1. The third-order valence-corrected chi connectivity index (χ3v) is 12.9. The minimum absolute atomic E-state index is 0.00565. The predicted molar refractivity (Wildman–Crippen MR) is 331 cm³/mol. The molecule has 34 nitrogen and oxygen atoms in total. The van der Waals surface area contributed by atoms with Crippen molar-refractivity contribution in [1.82, 2.24) is 47.9 Å². The van der Waals surface area contributed by atoms with E-state index in [9.17, 15) is 53.1 Å². The van der Waals surface area contributed by atoms with Crippen molar-refractivity contribution in [2.45, 2.75) is 146 Å². The molecule has 488 valence electrons. The van der Waals surface area contributed by atoms with E-state index in [1.54, 1.807) is 30.3 Å². The molecule has 1 aromatic rings. The van der Waals surface area contributed by atoms with Crippen LogP contribution in [0.25, 0.3) is 0 Å². The van der Waals surface area contributed by atoms with Gasteiger partial charge in [-0.15, -0.1) is 0 Å². The molecule has 9 amide bonds. The molecular formula is C52H93N23O11S. The third-order valence-electron chi connectivity index (χ3n) is 12.6. The van der Waals surface area contributed by atoms with Gasteiger partial charge in [0.2, 0.25) is 53.2 Å². The van der Waals surface area contributed by atoms with E-state index < -0.39 is 121 Å². The largest absolute Gasteiger partial charge is 0.480 e. The molecule has 0 bridgehead atoms.